The van der Waals surface area contributed by atoms with Crippen LogP contribution in [0.1, 0.15) is 5.56 Å². The monoisotopic (exact) mass is 301 g/mol. The number of rotatable bonds is 7. The van der Waals surface area contributed by atoms with Gasteiger partial charge >= 0.3 is 0 Å². The smallest absolute Gasteiger partial charge is 0.236 e. The number of ether oxygens (including phenoxy) is 1. The standard InChI is InChI=1S/C14H23N3O2.ClH/c1-16(2)14(18)11-17(7-8-19-3)10-12-5-4-6-13(15)9-12;/h4-6,9H,7-8,10-11,15H2,1-3H3;1H. The first-order valence-electron chi connectivity index (χ1n) is 6.28. The molecule has 0 aliphatic heterocycles. The number of likely N-dealkylation sites (N-methyl/N-ethyl adjacent to an activating group) is 1. The highest BCUT2D eigenvalue weighted by Gasteiger charge is 2.12. The van der Waals surface area contributed by atoms with Crippen LogP contribution in [0.2, 0.25) is 0 Å². The molecular weight excluding hydrogens is 278 g/mol. The highest BCUT2D eigenvalue weighted by atomic mass is 35.5. The second-order valence-electron chi connectivity index (χ2n) is 4.74. The van der Waals surface area contributed by atoms with E-state index in [1.165, 1.54) is 0 Å². The highest BCUT2D eigenvalue weighted by Crippen LogP contribution is 2.09. The molecule has 0 aliphatic carbocycles. The lowest BCUT2D eigenvalue weighted by molar-refractivity contribution is -0.130. The minimum atomic E-state index is 0. The SMILES string of the molecule is COCCN(CC(=O)N(C)C)Cc1cccc(N)c1.Cl. The van der Waals surface area contributed by atoms with Crippen molar-refractivity contribution in [3.8, 4) is 0 Å². The van der Waals surface area contributed by atoms with Crippen molar-refractivity contribution in [2.24, 2.45) is 0 Å². The number of hydrogen-bond donors (Lipinski definition) is 1. The van der Waals surface area contributed by atoms with E-state index < -0.39 is 0 Å². The minimum Gasteiger partial charge on any atom is -0.399 e. The van der Waals surface area contributed by atoms with Crippen LogP contribution in [0.25, 0.3) is 0 Å². The fraction of sp³-hybridized carbons (Fsp3) is 0.500. The molecule has 20 heavy (non-hydrogen) atoms. The van der Waals surface area contributed by atoms with Gasteiger partial charge in [-0.05, 0) is 17.7 Å². The third kappa shape index (κ3) is 6.75. The highest BCUT2D eigenvalue weighted by molar-refractivity contribution is 5.85. The van der Waals surface area contributed by atoms with E-state index in [1.54, 1.807) is 26.1 Å². The number of nitrogens with zero attached hydrogens (tertiary/aromatic N) is 2. The average Bonchev–Trinajstić information content (AvgIpc) is 2.35. The third-order valence-electron chi connectivity index (χ3n) is 2.83. The van der Waals surface area contributed by atoms with Crippen LogP contribution in [0.3, 0.4) is 0 Å². The van der Waals surface area contributed by atoms with Gasteiger partial charge in [-0.25, -0.2) is 0 Å². The molecule has 0 spiro atoms. The van der Waals surface area contributed by atoms with Gasteiger partial charge in [0, 0.05) is 40.0 Å². The van der Waals surface area contributed by atoms with Crippen molar-refractivity contribution in [2.45, 2.75) is 6.54 Å². The van der Waals surface area contributed by atoms with Crippen LogP contribution >= 0.6 is 12.4 Å². The molecule has 0 aromatic heterocycles. The van der Waals surface area contributed by atoms with Gasteiger partial charge in [-0.3, -0.25) is 9.69 Å². The normalized spacial score (nSPS) is 10.2. The van der Waals surface area contributed by atoms with E-state index in [9.17, 15) is 4.79 Å². The van der Waals surface area contributed by atoms with Crippen LogP contribution in [-0.2, 0) is 16.1 Å². The van der Waals surface area contributed by atoms with E-state index in [4.69, 9.17) is 10.5 Å². The molecule has 0 bridgehead atoms. The molecule has 1 aromatic rings. The second-order valence-corrected chi connectivity index (χ2v) is 4.74. The van der Waals surface area contributed by atoms with E-state index in [1.807, 2.05) is 24.3 Å². The molecule has 1 rings (SSSR count). The van der Waals surface area contributed by atoms with Crippen molar-refractivity contribution in [2.75, 3.05) is 46.6 Å². The zero-order chi connectivity index (χ0) is 14.3. The third-order valence-corrected chi connectivity index (χ3v) is 2.83. The van der Waals surface area contributed by atoms with E-state index >= 15 is 0 Å². The first-order valence-corrected chi connectivity index (χ1v) is 6.28. The fourth-order valence-electron chi connectivity index (χ4n) is 1.72. The quantitative estimate of drug-likeness (QED) is 0.770. The topological polar surface area (TPSA) is 58.8 Å². The number of methoxy groups -OCH3 is 1. The zero-order valence-corrected chi connectivity index (χ0v) is 13.2. The Labute approximate surface area is 127 Å². The molecule has 0 fully saturated rings. The molecule has 1 aromatic carbocycles. The predicted octanol–water partition coefficient (Wildman–Crippen LogP) is 1.23. The summed E-state index contributed by atoms with van der Waals surface area (Å²) in [5.74, 6) is 0.0833. The van der Waals surface area contributed by atoms with Gasteiger partial charge in [0.05, 0.1) is 13.2 Å². The van der Waals surface area contributed by atoms with Crippen LogP contribution in [-0.4, -0.2) is 56.6 Å². The Morgan fingerprint density at radius 2 is 2.05 bits per heavy atom. The van der Waals surface area contributed by atoms with Crippen molar-refractivity contribution in [1.29, 1.82) is 0 Å². The molecule has 0 aliphatic rings. The largest absolute Gasteiger partial charge is 0.399 e. The summed E-state index contributed by atoms with van der Waals surface area (Å²) in [6.45, 7) is 2.38. The van der Waals surface area contributed by atoms with E-state index in [-0.39, 0.29) is 18.3 Å². The fourth-order valence-corrected chi connectivity index (χ4v) is 1.72. The van der Waals surface area contributed by atoms with Crippen molar-refractivity contribution >= 4 is 24.0 Å². The van der Waals surface area contributed by atoms with E-state index in [0.717, 1.165) is 11.3 Å². The van der Waals surface area contributed by atoms with Crippen LogP contribution in [0, 0.1) is 0 Å². The van der Waals surface area contributed by atoms with Crippen molar-refractivity contribution in [3.05, 3.63) is 29.8 Å². The summed E-state index contributed by atoms with van der Waals surface area (Å²) in [6, 6.07) is 7.72. The summed E-state index contributed by atoms with van der Waals surface area (Å²) in [4.78, 5) is 15.4. The summed E-state index contributed by atoms with van der Waals surface area (Å²) in [5.41, 5.74) is 7.60. The number of nitrogens with two attached hydrogens (primary N) is 1. The van der Waals surface area contributed by atoms with Gasteiger partial charge in [-0.2, -0.15) is 0 Å². The van der Waals surface area contributed by atoms with Gasteiger partial charge in [0.25, 0.3) is 0 Å². The van der Waals surface area contributed by atoms with Crippen LogP contribution in [0.4, 0.5) is 5.69 Å². The molecule has 0 heterocycles. The molecule has 5 nitrogen and oxygen atoms in total. The maximum Gasteiger partial charge on any atom is 0.236 e. The molecule has 0 unspecified atom stereocenters. The summed E-state index contributed by atoms with van der Waals surface area (Å²) < 4.78 is 5.08. The Morgan fingerprint density at radius 3 is 2.60 bits per heavy atom. The molecule has 0 radical (unpaired) electrons. The zero-order valence-electron chi connectivity index (χ0n) is 12.3. The predicted molar refractivity (Wildman–Crippen MR) is 83.9 cm³/mol. The molecular formula is C14H24ClN3O2. The Kier molecular flexibility index (Phi) is 8.96. The lowest BCUT2D eigenvalue weighted by Gasteiger charge is -2.23. The summed E-state index contributed by atoms with van der Waals surface area (Å²) in [6.07, 6.45) is 0. The summed E-state index contributed by atoms with van der Waals surface area (Å²) in [7, 11) is 5.18. The summed E-state index contributed by atoms with van der Waals surface area (Å²) >= 11 is 0. The number of anilines is 1. The number of hydrogen-bond acceptors (Lipinski definition) is 4. The molecule has 0 atom stereocenters. The molecule has 0 saturated heterocycles. The Bertz CT molecular complexity index is 413. The minimum absolute atomic E-state index is 0. The second kappa shape index (κ2) is 9.58. The van der Waals surface area contributed by atoms with E-state index in [0.29, 0.717) is 26.2 Å². The van der Waals surface area contributed by atoms with Crippen LogP contribution < -0.4 is 5.73 Å². The Morgan fingerprint density at radius 1 is 1.35 bits per heavy atom. The number of halogens is 1. The van der Waals surface area contributed by atoms with Crippen molar-refractivity contribution in [1.82, 2.24) is 9.80 Å². The van der Waals surface area contributed by atoms with Gasteiger partial charge < -0.3 is 15.4 Å². The van der Waals surface area contributed by atoms with Crippen LogP contribution in [0.5, 0.6) is 0 Å². The molecule has 0 saturated carbocycles. The number of benzene rings is 1. The van der Waals surface area contributed by atoms with Gasteiger partial charge in [0.15, 0.2) is 0 Å². The molecule has 6 heteroatoms. The molecule has 114 valence electrons. The Balaban J connectivity index is 0.00000361. The van der Waals surface area contributed by atoms with E-state index in [2.05, 4.69) is 4.90 Å². The lowest BCUT2D eigenvalue weighted by atomic mass is 10.2. The number of carbonyl (C=O) groups is 1. The van der Waals surface area contributed by atoms with Crippen molar-refractivity contribution in [3.63, 3.8) is 0 Å². The van der Waals surface area contributed by atoms with Crippen LogP contribution in [0.15, 0.2) is 24.3 Å². The molecule has 1 amide bonds. The number of amides is 1. The van der Waals surface area contributed by atoms with Gasteiger partial charge in [0.1, 0.15) is 0 Å². The van der Waals surface area contributed by atoms with Crippen molar-refractivity contribution < 1.29 is 9.53 Å². The number of nitrogen functional groups attached to an aromatic ring is 1. The average molecular weight is 302 g/mol. The molecule has 2 N–H and O–H groups in total. The maximum atomic E-state index is 11.8. The first kappa shape index (κ1) is 18.7. The van der Waals surface area contributed by atoms with Gasteiger partial charge in [0.2, 0.25) is 5.91 Å². The van der Waals surface area contributed by atoms with Gasteiger partial charge in [-0.1, -0.05) is 12.1 Å². The number of carbonyl (C=O) groups excluding carboxylic acids is 1. The first-order chi connectivity index (χ1) is 9.02. The lowest BCUT2D eigenvalue weighted by Crippen LogP contribution is -2.37. The Hall–Kier alpha value is -1.30. The van der Waals surface area contributed by atoms with Gasteiger partial charge in [-0.15, -0.1) is 12.4 Å². The maximum absolute atomic E-state index is 11.8. The summed E-state index contributed by atoms with van der Waals surface area (Å²) in [5, 5.41) is 0.